The Hall–Kier alpha value is -0.110. The molecular formula is C10H17FN. The van der Waals surface area contributed by atoms with Gasteiger partial charge in [0.05, 0.1) is 0 Å². The van der Waals surface area contributed by atoms with Crippen LogP contribution >= 0.6 is 0 Å². The van der Waals surface area contributed by atoms with Gasteiger partial charge in [-0.15, -0.1) is 0 Å². The normalized spacial score (nSPS) is 29.8. The zero-order valence-electron chi connectivity index (χ0n) is 7.56. The van der Waals surface area contributed by atoms with E-state index in [0.29, 0.717) is 0 Å². The van der Waals surface area contributed by atoms with Gasteiger partial charge in [-0.25, -0.2) is 4.39 Å². The van der Waals surface area contributed by atoms with Crippen LogP contribution in [0.4, 0.5) is 4.39 Å². The first-order chi connectivity index (χ1) is 5.86. The van der Waals surface area contributed by atoms with Crippen molar-refractivity contribution in [1.29, 1.82) is 0 Å². The molecular weight excluding hydrogens is 153 g/mol. The summed E-state index contributed by atoms with van der Waals surface area (Å²) < 4.78 is 12.8. The minimum absolute atomic E-state index is 0.525. The van der Waals surface area contributed by atoms with Crippen LogP contribution in [0.15, 0.2) is 0 Å². The summed E-state index contributed by atoms with van der Waals surface area (Å²) in [7, 11) is 0. The van der Waals surface area contributed by atoms with Gasteiger partial charge in [0.1, 0.15) is 6.17 Å². The Morgan fingerprint density at radius 1 is 1.08 bits per heavy atom. The molecule has 0 unspecified atom stereocenters. The molecule has 1 aliphatic heterocycles. The Kier molecular flexibility index (Phi) is 2.64. The lowest BCUT2D eigenvalue weighted by Gasteiger charge is -2.32. The maximum atomic E-state index is 12.8. The first-order valence-corrected chi connectivity index (χ1v) is 5.10. The Balaban J connectivity index is 1.80. The molecule has 2 heteroatoms. The molecule has 1 heterocycles. The molecule has 1 saturated heterocycles. The summed E-state index contributed by atoms with van der Waals surface area (Å²) in [5, 5.41) is 0. The molecule has 1 radical (unpaired) electrons. The average molecular weight is 170 g/mol. The van der Waals surface area contributed by atoms with Gasteiger partial charge in [-0.1, -0.05) is 12.8 Å². The number of piperidine rings is 1. The molecule has 0 aromatic rings. The molecule has 1 saturated carbocycles. The van der Waals surface area contributed by atoms with Crippen LogP contribution in [0.1, 0.15) is 38.5 Å². The highest BCUT2D eigenvalue weighted by Gasteiger charge is 2.27. The van der Waals surface area contributed by atoms with Gasteiger partial charge in [0.2, 0.25) is 0 Å². The minimum Gasteiger partial charge on any atom is -0.296 e. The summed E-state index contributed by atoms with van der Waals surface area (Å²) >= 11 is 0. The van der Waals surface area contributed by atoms with Crippen LogP contribution in [-0.2, 0) is 0 Å². The maximum Gasteiger partial charge on any atom is 0.103 e. The van der Waals surface area contributed by atoms with E-state index in [0.717, 1.165) is 25.9 Å². The predicted octanol–water partition coefficient (Wildman–Crippen LogP) is 2.53. The third kappa shape index (κ3) is 1.79. The summed E-state index contributed by atoms with van der Waals surface area (Å²) in [4.78, 5) is 2.42. The van der Waals surface area contributed by atoms with Gasteiger partial charge in [-0.3, -0.25) is 4.90 Å². The molecule has 0 atom stereocenters. The Bertz CT molecular complexity index is 135. The Labute approximate surface area is 73.9 Å². The number of alkyl halides is 1. The summed E-state index contributed by atoms with van der Waals surface area (Å²) in [5.74, 6) is 0. The molecule has 0 amide bonds. The van der Waals surface area contributed by atoms with Crippen LogP contribution in [0.2, 0.25) is 0 Å². The molecule has 69 valence electrons. The Morgan fingerprint density at radius 2 is 1.67 bits per heavy atom. The number of nitrogens with zero attached hydrogens (tertiary/aromatic N) is 1. The van der Waals surface area contributed by atoms with Crippen LogP contribution in [-0.4, -0.2) is 24.2 Å². The van der Waals surface area contributed by atoms with Crippen molar-refractivity contribution in [2.24, 2.45) is 0 Å². The second-order valence-corrected chi connectivity index (χ2v) is 3.94. The monoisotopic (exact) mass is 170 g/mol. The molecule has 0 aromatic carbocycles. The molecule has 1 nitrogen and oxygen atoms in total. The fourth-order valence-corrected chi connectivity index (χ4v) is 2.26. The van der Waals surface area contributed by atoms with Crippen LogP contribution in [0.25, 0.3) is 0 Å². The molecule has 0 N–H and O–H groups in total. The van der Waals surface area contributed by atoms with Gasteiger partial charge in [-0.2, -0.15) is 0 Å². The van der Waals surface area contributed by atoms with Crippen molar-refractivity contribution >= 4 is 0 Å². The molecule has 12 heavy (non-hydrogen) atoms. The smallest absolute Gasteiger partial charge is 0.103 e. The predicted molar refractivity (Wildman–Crippen MR) is 47.4 cm³/mol. The molecule has 2 rings (SSSR count). The van der Waals surface area contributed by atoms with Crippen molar-refractivity contribution in [2.45, 2.75) is 44.7 Å². The van der Waals surface area contributed by atoms with E-state index in [1.165, 1.54) is 25.7 Å². The van der Waals surface area contributed by atoms with Gasteiger partial charge >= 0.3 is 0 Å². The van der Waals surface area contributed by atoms with Crippen molar-refractivity contribution in [2.75, 3.05) is 13.1 Å². The van der Waals surface area contributed by atoms with Crippen LogP contribution < -0.4 is 0 Å². The quantitative estimate of drug-likeness (QED) is 0.584. The maximum absolute atomic E-state index is 12.8. The van der Waals surface area contributed by atoms with E-state index < -0.39 is 6.17 Å². The van der Waals surface area contributed by atoms with Gasteiger partial charge < -0.3 is 0 Å². The first kappa shape index (κ1) is 8.49. The third-order valence-corrected chi connectivity index (χ3v) is 3.05. The standard InChI is InChI=1S/C10H17FN/c11-9-5-7-12(8-6-9)10-3-1-2-4-10/h9H,1-8H2. The summed E-state index contributed by atoms with van der Waals surface area (Å²) in [6.07, 6.45) is 6.24. The van der Waals surface area contributed by atoms with E-state index in [2.05, 4.69) is 4.90 Å². The van der Waals surface area contributed by atoms with Crippen molar-refractivity contribution < 1.29 is 4.39 Å². The highest BCUT2D eigenvalue weighted by Crippen LogP contribution is 2.32. The molecule has 2 fully saturated rings. The molecule has 1 aliphatic carbocycles. The van der Waals surface area contributed by atoms with E-state index in [-0.39, 0.29) is 0 Å². The van der Waals surface area contributed by atoms with Crippen molar-refractivity contribution in [1.82, 2.24) is 4.90 Å². The second-order valence-electron chi connectivity index (χ2n) is 3.94. The van der Waals surface area contributed by atoms with E-state index in [1.54, 1.807) is 6.04 Å². The lowest BCUT2D eigenvalue weighted by atomic mass is 10.1. The lowest BCUT2D eigenvalue weighted by Crippen LogP contribution is -2.36. The highest BCUT2D eigenvalue weighted by atomic mass is 19.1. The fraction of sp³-hybridized carbons (Fsp3) is 0.900. The number of hydrogen-bond acceptors (Lipinski definition) is 1. The van der Waals surface area contributed by atoms with Crippen LogP contribution in [0, 0.1) is 6.04 Å². The van der Waals surface area contributed by atoms with Crippen LogP contribution in [0.3, 0.4) is 0 Å². The fourth-order valence-electron chi connectivity index (χ4n) is 2.26. The van der Waals surface area contributed by atoms with Gasteiger partial charge in [0, 0.05) is 19.1 Å². The average Bonchev–Trinajstić information content (AvgIpc) is 2.58. The van der Waals surface area contributed by atoms with E-state index >= 15 is 0 Å². The highest BCUT2D eigenvalue weighted by molar-refractivity contribution is 4.95. The third-order valence-electron chi connectivity index (χ3n) is 3.05. The summed E-state index contributed by atoms with van der Waals surface area (Å²) in [6.45, 7) is 1.94. The van der Waals surface area contributed by atoms with Gasteiger partial charge in [-0.05, 0) is 25.7 Å². The molecule has 0 spiro atoms. The Morgan fingerprint density at radius 3 is 2.25 bits per heavy atom. The SMILES string of the molecule is FC1CCN([C]2CCCC2)CC1. The minimum atomic E-state index is -0.525. The van der Waals surface area contributed by atoms with E-state index in [1.807, 2.05) is 0 Å². The summed E-state index contributed by atoms with van der Waals surface area (Å²) in [5.41, 5.74) is 0. The first-order valence-electron chi connectivity index (χ1n) is 5.10. The number of halogens is 1. The molecule has 0 bridgehead atoms. The van der Waals surface area contributed by atoms with Gasteiger partial charge in [0.15, 0.2) is 0 Å². The number of likely N-dealkylation sites (tertiary alicyclic amines) is 1. The summed E-state index contributed by atoms with van der Waals surface area (Å²) in [6, 6.07) is 1.60. The zero-order valence-corrected chi connectivity index (χ0v) is 7.56. The molecule has 2 aliphatic rings. The zero-order chi connectivity index (χ0) is 8.39. The van der Waals surface area contributed by atoms with E-state index in [9.17, 15) is 4.39 Å². The largest absolute Gasteiger partial charge is 0.296 e. The lowest BCUT2D eigenvalue weighted by molar-refractivity contribution is 0.153. The number of rotatable bonds is 1. The van der Waals surface area contributed by atoms with E-state index in [4.69, 9.17) is 0 Å². The van der Waals surface area contributed by atoms with Crippen molar-refractivity contribution in [3.63, 3.8) is 0 Å². The van der Waals surface area contributed by atoms with Crippen molar-refractivity contribution in [3.05, 3.63) is 6.04 Å². The number of hydrogen-bond donors (Lipinski definition) is 0. The second kappa shape index (κ2) is 3.73. The van der Waals surface area contributed by atoms with Crippen LogP contribution in [0.5, 0.6) is 0 Å². The molecule has 0 aromatic heterocycles. The van der Waals surface area contributed by atoms with Crippen molar-refractivity contribution in [3.8, 4) is 0 Å². The van der Waals surface area contributed by atoms with Gasteiger partial charge in [0.25, 0.3) is 0 Å². The topological polar surface area (TPSA) is 3.24 Å².